The predicted octanol–water partition coefficient (Wildman–Crippen LogP) is 4.42. The summed E-state index contributed by atoms with van der Waals surface area (Å²) < 4.78 is 11.5. The number of ether oxygens (including phenoxy) is 1. The van der Waals surface area contributed by atoms with Gasteiger partial charge in [-0.2, -0.15) is 0 Å². The molecule has 5 heteroatoms. The van der Waals surface area contributed by atoms with Crippen molar-refractivity contribution in [3.05, 3.63) is 47.2 Å². The Bertz CT molecular complexity index is 723. The van der Waals surface area contributed by atoms with Gasteiger partial charge in [0, 0.05) is 23.1 Å². The van der Waals surface area contributed by atoms with Crippen molar-refractivity contribution < 1.29 is 13.9 Å². The third-order valence-electron chi connectivity index (χ3n) is 4.28. The van der Waals surface area contributed by atoms with Crippen LogP contribution in [0.5, 0.6) is 0 Å². The minimum atomic E-state index is -0.231. The first-order valence-corrected chi connectivity index (χ1v) is 8.57. The van der Waals surface area contributed by atoms with Crippen LogP contribution in [0.15, 0.2) is 40.8 Å². The number of nitrogens with one attached hydrogen (secondary N) is 1. The Morgan fingerprint density at radius 3 is 2.92 bits per heavy atom. The highest BCUT2D eigenvalue weighted by Crippen LogP contribution is 2.29. The van der Waals surface area contributed by atoms with Gasteiger partial charge in [-0.25, -0.2) is 0 Å². The first-order valence-electron chi connectivity index (χ1n) is 8.19. The lowest BCUT2D eigenvalue weighted by atomic mass is 9.88. The number of carbonyl (C=O) groups excluding carboxylic acids is 1. The molecule has 0 spiro atoms. The molecular weight excluding hydrogens is 326 g/mol. The monoisotopic (exact) mass is 347 g/mol. The Morgan fingerprint density at radius 2 is 2.17 bits per heavy atom. The van der Waals surface area contributed by atoms with E-state index in [0.29, 0.717) is 18.2 Å². The third kappa shape index (κ3) is 4.19. The zero-order valence-corrected chi connectivity index (χ0v) is 14.7. The summed E-state index contributed by atoms with van der Waals surface area (Å²) in [5, 5.41) is 3.64. The van der Waals surface area contributed by atoms with Gasteiger partial charge in [-0.15, -0.1) is 0 Å². The number of amides is 1. The summed E-state index contributed by atoms with van der Waals surface area (Å²) in [7, 11) is 0. The summed E-state index contributed by atoms with van der Waals surface area (Å²) in [4.78, 5) is 12.4. The Morgan fingerprint density at radius 1 is 1.33 bits per heavy atom. The molecule has 1 aromatic heterocycles. The zero-order chi connectivity index (χ0) is 17.2. The predicted molar refractivity (Wildman–Crippen MR) is 93.8 cm³/mol. The number of carbonyl (C=O) groups is 1. The quantitative estimate of drug-likeness (QED) is 0.890. The van der Waals surface area contributed by atoms with E-state index in [1.54, 1.807) is 0 Å². The molecule has 0 bridgehead atoms. The molecule has 1 saturated heterocycles. The second-order valence-electron chi connectivity index (χ2n) is 6.79. The highest BCUT2D eigenvalue weighted by Gasteiger charge is 2.32. The molecule has 2 heterocycles. The fourth-order valence-corrected chi connectivity index (χ4v) is 3.23. The van der Waals surface area contributed by atoms with Crippen LogP contribution in [0.4, 0.5) is 0 Å². The smallest absolute Gasteiger partial charge is 0.223 e. The normalized spacial score (nSPS) is 19.9. The molecule has 1 aliphatic heterocycles. The third-order valence-corrected chi connectivity index (χ3v) is 4.51. The SMILES string of the molecule is CC1(C)C[C@@H](C(=O)NCc2ccc(-c3cccc(Cl)c3)o2)CCO1. The molecule has 1 N–H and O–H groups in total. The Labute approximate surface area is 147 Å². The van der Waals surface area contributed by atoms with Crippen LogP contribution in [-0.4, -0.2) is 18.1 Å². The van der Waals surface area contributed by atoms with Gasteiger partial charge in [0.25, 0.3) is 0 Å². The van der Waals surface area contributed by atoms with Gasteiger partial charge in [-0.1, -0.05) is 23.7 Å². The van der Waals surface area contributed by atoms with E-state index in [1.165, 1.54) is 0 Å². The molecule has 0 radical (unpaired) electrons. The first kappa shape index (κ1) is 17.1. The molecule has 0 unspecified atom stereocenters. The van der Waals surface area contributed by atoms with Gasteiger partial charge < -0.3 is 14.5 Å². The van der Waals surface area contributed by atoms with Crippen molar-refractivity contribution in [2.24, 2.45) is 5.92 Å². The minimum absolute atomic E-state index is 0.00360. The number of hydrogen-bond donors (Lipinski definition) is 1. The second-order valence-corrected chi connectivity index (χ2v) is 7.23. The van der Waals surface area contributed by atoms with Crippen LogP contribution in [-0.2, 0) is 16.1 Å². The highest BCUT2D eigenvalue weighted by molar-refractivity contribution is 6.30. The summed E-state index contributed by atoms with van der Waals surface area (Å²) in [5.74, 6) is 1.53. The fourth-order valence-electron chi connectivity index (χ4n) is 3.04. The topological polar surface area (TPSA) is 51.5 Å². The Balaban J connectivity index is 1.58. The average Bonchev–Trinajstić information content (AvgIpc) is 3.00. The number of benzene rings is 1. The maximum atomic E-state index is 12.4. The number of rotatable bonds is 4. The van der Waals surface area contributed by atoms with Crippen LogP contribution in [0, 0.1) is 5.92 Å². The van der Waals surface area contributed by atoms with Crippen LogP contribution >= 0.6 is 11.6 Å². The largest absolute Gasteiger partial charge is 0.459 e. The van der Waals surface area contributed by atoms with Crippen molar-refractivity contribution in [3.63, 3.8) is 0 Å². The molecule has 1 fully saturated rings. The standard InChI is InChI=1S/C19H22ClNO3/c1-19(2)11-14(8-9-23-19)18(22)21-12-16-6-7-17(24-16)13-4-3-5-15(20)10-13/h3-7,10,14H,8-9,11-12H2,1-2H3,(H,21,22)/t14-/m0/s1. The van der Waals surface area contributed by atoms with E-state index in [4.69, 9.17) is 20.8 Å². The molecular formula is C19H22ClNO3. The lowest BCUT2D eigenvalue weighted by molar-refractivity contribution is -0.135. The molecule has 4 nitrogen and oxygen atoms in total. The molecule has 1 aromatic carbocycles. The molecule has 1 atom stereocenters. The van der Waals surface area contributed by atoms with E-state index in [9.17, 15) is 4.79 Å². The van der Waals surface area contributed by atoms with Crippen molar-refractivity contribution in [2.75, 3.05) is 6.61 Å². The number of hydrogen-bond acceptors (Lipinski definition) is 3. The summed E-state index contributed by atoms with van der Waals surface area (Å²) in [6, 6.07) is 11.3. The first-order chi connectivity index (χ1) is 11.4. The second kappa shape index (κ2) is 6.99. The van der Waals surface area contributed by atoms with Gasteiger partial charge in [0.1, 0.15) is 11.5 Å². The van der Waals surface area contributed by atoms with Crippen LogP contribution in [0.25, 0.3) is 11.3 Å². The van der Waals surface area contributed by atoms with E-state index < -0.39 is 0 Å². The summed E-state index contributed by atoms with van der Waals surface area (Å²) >= 11 is 6.00. The van der Waals surface area contributed by atoms with Gasteiger partial charge in [0.2, 0.25) is 5.91 Å². The number of halogens is 1. The van der Waals surface area contributed by atoms with Gasteiger partial charge in [-0.05, 0) is 51.0 Å². The molecule has 0 aliphatic carbocycles. The van der Waals surface area contributed by atoms with Crippen molar-refractivity contribution in [2.45, 2.75) is 38.8 Å². The molecule has 128 valence electrons. The van der Waals surface area contributed by atoms with Crippen molar-refractivity contribution in [1.82, 2.24) is 5.32 Å². The summed E-state index contributed by atoms with van der Waals surface area (Å²) in [6.07, 6.45) is 1.51. The van der Waals surface area contributed by atoms with Gasteiger partial charge >= 0.3 is 0 Å². The van der Waals surface area contributed by atoms with Crippen LogP contribution in [0.3, 0.4) is 0 Å². The van der Waals surface area contributed by atoms with Crippen LogP contribution < -0.4 is 5.32 Å². The average molecular weight is 348 g/mol. The lowest BCUT2D eigenvalue weighted by Gasteiger charge is -2.34. The fraction of sp³-hybridized carbons (Fsp3) is 0.421. The van der Waals surface area contributed by atoms with Crippen LogP contribution in [0.2, 0.25) is 5.02 Å². The summed E-state index contributed by atoms with van der Waals surface area (Å²) in [5.41, 5.74) is 0.691. The van der Waals surface area contributed by atoms with Crippen LogP contribution in [0.1, 0.15) is 32.4 Å². The Hall–Kier alpha value is -1.78. The van der Waals surface area contributed by atoms with E-state index in [2.05, 4.69) is 5.32 Å². The highest BCUT2D eigenvalue weighted by atomic mass is 35.5. The minimum Gasteiger partial charge on any atom is -0.459 e. The van der Waals surface area contributed by atoms with Crippen molar-refractivity contribution in [1.29, 1.82) is 0 Å². The molecule has 1 amide bonds. The molecule has 3 rings (SSSR count). The zero-order valence-electron chi connectivity index (χ0n) is 14.0. The molecule has 2 aromatic rings. The van der Waals surface area contributed by atoms with Gasteiger partial charge in [-0.3, -0.25) is 4.79 Å². The van der Waals surface area contributed by atoms with E-state index in [-0.39, 0.29) is 17.4 Å². The number of furan rings is 1. The molecule has 24 heavy (non-hydrogen) atoms. The molecule has 0 saturated carbocycles. The lowest BCUT2D eigenvalue weighted by Crippen LogP contribution is -2.41. The van der Waals surface area contributed by atoms with Gasteiger partial charge in [0.05, 0.1) is 12.1 Å². The van der Waals surface area contributed by atoms with Gasteiger partial charge in [0.15, 0.2) is 0 Å². The maximum Gasteiger partial charge on any atom is 0.223 e. The van der Waals surface area contributed by atoms with E-state index >= 15 is 0 Å². The Kier molecular flexibility index (Phi) is 4.97. The summed E-state index contributed by atoms with van der Waals surface area (Å²) in [6.45, 7) is 5.06. The van der Waals surface area contributed by atoms with E-state index in [1.807, 2.05) is 50.2 Å². The van der Waals surface area contributed by atoms with Crippen molar-refractivity contribution in [3.8, 4) is 11.3 Å². The maximum absolute atomic E-state index is 12.4. The molecule has 1 aliphatic rings. The van der Waals surface area contributed by atoms with Crippen molar-refractivity contribution >= 4 is 17.5 Å². The van der Waals surface area contributed by atoms with E-state index in [0.717, 1.165) is 29.9 Å².